The zero-order valence-electron chi connectivity index (χ0n) is 11.3. The Morgan fingerprint density at radius 3 is 2.61 bits per heavy atom. The molecule has 0 aliphatic heterocycles. The smallest absolute Gasteiger partial charge is 0.267 e. The summed E-state index contributed by atoms with van der Waals surface area (Å²) in [4.78, 5) is 4.45. The first-order chi connectivity index (χ1) is 11.0. The highest BCUT2D eigenvalue weighted by Crippen LogP contribution is 2.36. The Bertz CT molecular complexity index is 993. The third-order valence-electron chi connectivity index (χ3n) is 3.14. The fourth-order valence-electron chi connectivity index (χ4n) is 2.23. The minimum absolute atomic E-state index is 0.106. The van der Waals surface area contributed by atoms with Crippen LogP contribution in [-0.2, 0) is 6.18 Å². The number of thiophene rings is 1. The normalized spacial score (nSPS) is 12.3. The van der Waals surface area contributed by atoms with E-state index in [0.29, 0.717) is 16.1 Å². The molecule has 3 aromatic heterocycles. The highest BCUT2D eigenvalue weighted by Gasteiger charge is 2.38. The van der Waals surface area contributed by atoms with Crippen LogP contribution in [0, 0.1) is 0 Å². The lowest BCUT2D eigenvalue weighted by Gasteiger charge is -2.09. The van der Waals surface area contributed by atoms with Crippen molar-refractivity contribution < 1.29 is 13.2 Å². The monoisotopic (exact) mass is 352 g/mol. The van der Waals surface area contributed by atoms with Gasteiger partial charge >= 0.3 is 6.18 Å². The van der Waals surface area contributed by atoms with E-state index >= 15 is 0 Å². The third-order valence-corrected chi connectivity index (χ3v) is 5.15. The fraction of sp³-hybridized carbons (Fsp3) is 0.0714. The van der Waals surface area contributed by atoms with Crippen molar-refractivity contribution in [1.82, 2.24) is 19.6 Å². The van der Waals surface area contributed by atoms with E-state index < -0.39 is 12.0 Å². The maximum atomic E-state index is 13.2. The summed E-state index contributed by atoms with van der Waals surface area (Å²) in [6.45, 7) is 0. The highest BCUT2D eigenvalue weighted by atomic mass is 32.2. The first-order valence-electron chi connectivity index (χ1n) is 6.46. The predicted octanol–water partition coefficient (Wildman–Crippen LogP) is 4.51. The van der Waals surface area contributed by atoms with Crippen LogP contribution >= 0.6 is 23.1 Å². The number of benzene rings is 1. The number of hydrogen-bond donors (Lipinski definition) is 0. The molecule has 0 N–H and O–H groups in total. The maximum Gasteiger partial charge on any atom is 0.452 e. The van der Waals surface area contributed by atoms with Crippen LogP contribution in [-0.4, -0.2) is 19.6 Å². The zero-order valence-corrected chi connectivity index (χ0v) is 12.9. The van der Waals surface area contributed by atoms with Crippen LogP contribution < -0.4 is 0 Å². The average Bonchev–Trinajstić information content (AvgIpc) is 3.15. The van der Waals surface area contributed by atoms with E-state index in [1.807, 2.05) is 17.5 Å². The molecule has 0 saturated heterocycles. The molecule has 4 rings (SSSR count). The predicted molar refractivity (Wildman–Crippen MR) is 81.7 cm³/mol. The van der Waals surface area contributed by atoms with Crippen LogP contribution in [0.3, 0.4) is 0 Å². The van der Waals surface area contributed by atoms with Crippen molar-refractivity contribution in [1.29, 1.82) is 0 Å². The molecule has 0 saturated carbocycles. The van der Waals surface area contributed by atoms with E-state index in [0.717, 1.165) is 8.61 Å². The van der Waals surface area contributed by atoms with Gasteiger partial charge in [-0.1, -0.05) is 30.0 Å². The van der Waals surface area contributed by atoms with Gasteiger partial charge in [0.2, 0.25) is 5.82 Å². The Hall–Kier alpha value is -2.13. The molecule has 1 aromatic carbocycles. The molecular formula is C14H7F3N4S2. The number of nitrogens with zero attached hydrogens (tertiary/aromatic N) is 4. The van der Waals surface area contributed by atoms with Gasteiger partial charge in [-0.15, -0.1) is 21.5 Å². The summed E-state index contributed by atoms with van der Waals surface area (Å²) in [5.74, 6) is -1.04. The van der Waals surface area contributed by atoms with E-state index in [4.69, 9.17) is 0 Å². The van der Waals surface area contributed by atoms with Crippen molar-refractivity contribution >= 4 is 39.8 Å². The largest absolute Gasteiger partial charge is 0.452 e. The molecule has 0 atom stereocenters. The minimum atomic E-state index is -4.59. The Morgan fingerprint density at radius 2 is 1.87 bits per heavy atom. The van der Waals surface area contributed by atoms with Crippen molar-refractivity contribution in [3.05, 3.63) is 47.6 Å². The summed E-state index contributed by atoms with van der Waals surface area (Å²) in [5.41, 5.74) is 0.897. The number of aromatic nitrogens is 4. The fourth-order valence-corrected chi connectivity index (χ4v) is 3.98. The molecule has 23 heavy (non-hydrogen) atoms. The van der Waals surface area contributed by atoms with Crippen LogP contribution in [0.2, 0.25) is 0 Å². The second-order valence-corrected chi connectivity index (χ2v) is 6.86. The van der Waals surface area contributed by atoms with Gasteiger partial charge in [-0.05, 0) is 23.6 Å². The van der Waals surface area contributed by atoms with Crippen LogP contribution in [0.5, 0.6) is 0 Å². The molecule has 0 radical (unpaired) electrons. The highest BCUT2D eigenvalue weighted by molar-refractivity contribution is 8.01. The van der Waals surface area contributed by atoms with Gasteiger partial charge in [0.05, 0.1) is 15.2 Å². The number of fused-ring (bicyclic) bond motifs is 3. The summed E-state index contributed by atoms with van der Waals surface area (Å²) < 4.78 is 41.7. The van der Waals surface area contributed by atoms with Crippen molar-refractivity contribution in [2.24, 2.45) is 0 Å². The molecule has 9 heteroatoms. The van der Waals surface area contributed by atoms with Gasteiger partial charge < -0.3 is 0 Å². The zero-order chi connectivity index (χ0) is 16.0. The topological polar surface area (TPSA) is 43.1 Å². The van der Waals surface area contributed by atoms with Crippen molar-refractivity contribution in [2.75, 3.05) is 0 Å². The second-order valence-electron chi connectivity index (χ2n) is 4.62. The lowest BCUT2D eigenvalue weighted by atomic mass is 10.3. The Kier molecular flexibility index (Phi) is 3.27. The van der Waals surface area contributed by atoms with Crippen molar-refractivity contribution in [3.63, 3.8) is 0 Å². The van der Waals surface area contributed by atoms with Gasteiger partial charge in [0.15, 0.2) is 5.65 Å². The number of alkyl halides is 3. The van der Waals surface area contributed by atoms with Gasteiger partial charge in [-0.2, -0.15) is 13.2 Å². The van der Waals surface area contributed by atoms with Crippen LogP contribution in [0.4, 0.5) is 13.2 Å². The molecule has 0 unspecified atom stereocenters. The van der Waals surface area contributed by atoms with E-state index in [2.05, 4.69) is 15.2 Å². The van der Waals surface area contributed by atoms with Gasteiger partial charge in [-0.3, -0.25) is 4.40 Å². The molecule has 4 nitrogen and oxygen atoms in total. The number of rotatable bonds is 2. The van der Waals surface area contributed by atoms with Crippen LogP contribution in [0.25, 0.3) is 16.7 Å². The van der Waals surface area contributed by atoms with Gasteiger partial charge in [0, 0.05) is 0 Å². The lowest BCUT2D eigenvalue weighted by molar-refractivity contribution is -0.145. The number of hydrogen-bond acceptors (Lipinski definition) is 5. The first-order valence-corrected chi connectivity index (χ1v) is 8.16. The van der Waals surface area contributed by atoms with E-state index in [9.17, 15) is 13.2 Å². The van der Waals surface area contributed by atoms with Gasteiger partial charge in [0.25, 0.3) is 0 Å². The van der Waals surface area contributed by atoms with E-state index in [1.165, 1.54) is 23.1 Å². The summed E-state index contributed by atoms with van der Waals surface area (Å²) in [5, 5.41) is 9.37. The van der Waals surface area contributed by atoms with Crippen molar-refractivity contribution in [2.45, 2.75) is 15.4 Å². The molecule has 0 aliphatic rings. The Labute approximate surface area is 136 Å². The minimum Gasteiger partial charge on any atom is -0.267 e. The number of halogens is 3. The Morgan fingerprint density at radius 1 is 1.04 bits per heavy atom. The molecule has 3 heterocycles. The van der Waals surface area contributed by atoms with Gasteiger partial charge in [-0.25, -0.2) is 4.98 Å². The second kappa shape index (κ2) is 5.20. The summed E-state index contributed by atoms with van der Waals surface area (Å²) in [7, 11) is 0. The average molecular weight is 352 g/mol. The molecule has 0 amide bonds. The SMILES string of the molecule is FC(F)(F)c1nnc2c(Sc3cccs3)nc3ccccc3n12. The summed E-state index contributed by atoms with van der Waals surface area (Å²) >= 11 is 2.77. The quantitative estimate of drug-likeness (QED) is 0.532. The summed E-state index contributed by atoms with van der Waals surface area (Å²) in [6, 6.07) is 10.4. The van der Waals surface area contributed by atoms with Gasteiger partial charge in [0.1, 0.15) is 5.03 Å². The Balaban J connectivity index is 2.05. The van der Waals surface area contributed by atoms with Crippen LogP contribution in [0.1, 0.15) is 5.82 Å². The lowest BCUT2D eigenvalue weighted by Crippen LogP contribution is -2.11. The molecule has 0 aliphatic carbocycles. The van der Waals surface area contributed by atoms with E-state index in [-0.39, 0.29) is 5.65 Å². The van der Waals surface area contributed by atoms with Crippen molar-refractivity contribution in [3.8, 4) is 0 Å². The standard InChI is InChI=1S/C14H7F3N4S2/c15-14(16,17)13-20-19-11-12(23-10-6-3-7-22-10)18-8-4-1-2-5-9(8)21(11)13/h1-7H. The molecule has 0 bridgehead atoms. The summed E-state index contributed by atoms with van der Waals surface area (Å²) in [6.07, 6.45) is -4.59. The first kappa shape index (κ1) is 14.5. The molecule has 116 valence electrons. The van der Waals surface area contributed by atoms with Crippen LogP contribution in [0.15, 0.2) is 51.0 Å². The maximum absolute atomic E-state index is 13.2. The molecular weight excluding hydrogens is 345 g/mol. The molecule has 0 fully saturated rings. The third kappa shape index (κ3) is 2.45. The molecule has 0 spiro atoms. The van der Waals surface area contributed by atoms with E-state index in [1.54, 1.807) is 24.3 Å². The number of para-hydroxylation sites is 2. The molecule has 4 aromatic rings.